The number of hydrogen-bond acceptors (Lipinski definition) is 7. The summed E-state index contributed by atoms with van der Waals surface area (Å²) in [6.45, 7) is 0. The first kappa shape index (κ1) is 21.3. The molecule has 0 radical (unpaired) electrons. The second-order valence-electron chi connectivity index (χ2n) is 7.34. The molecule has 0 fully saturated rings. The van der Waals surface area contributed by atoms with E-state index in [1.165, 1.54) is 42.5 Å². The van der Waals surface area contributed by atoms with Crippen LogP contribution < -0.4 is 0 Å². The molecule has 34 heavy (non-hydrogen) atoms. The van der Waals surface area contributed by atoms with Gasteiger partial charge in [-0.1, -0.05) is 53.8 Å². The van der Waals surface area contributed by atoms with Crippen LogP contribution in [-0.2, 0) is 0 Å². The minimum atomic E-state index is -0.694. The number of aromatic nitrogens is 2. The van der Waals surface area contributed by atoms with E-state index in [1.807, 2.05) is 0 Å². The van der Waals surface area contributed by atoms with Gasteiger partial charge in [0, 0.05) is 23.3 Å². The van der Waals surface area contributed by atoms with Crippen molar-refractivity contribution in [1.29, 1.82) is 0 Å². The van der Waals surface area contributed by atoms with Gasteiger partial charge in [-0.25, -0.2) is 9.37 Å². The fourth-order valence-electron chi connectivity index (χ4n) is 3.70. The number of aromatic hydroxyl groups is 2. The average Bonchev–Trinajstić information content (AvgIpc) is 3.37. The summed E-state index contributed by atoms with van der Waals surface area (Å²) in [5.41, 5.74) is 0.424. The highest BCUT2D eigenvalue weighted by Gasteiger charge is 2.31. The summed E-state index contributed by atoms with van der Waals surface area (Å²) in [5, 5.41) is 33.3. The molecule has 2 N–H and O–H groups in total. The van der Waals surface area contributed by atoms with Crippen LogP contribution in [0.1, 0.15) is 15.9 Å². The van der Waals surface area contributed by atoms with Gasteiger partial charge in [-0.05, 0) is 18.2 Å². The quantitative estimate of drug-likeness (QED) is 0.198. The zero-order valence-corrected chi connectivity index (χ0v) is 18.0. The molecule has 0 aliphatic heterocycles. The summed E-state index contributed by atoms with van der Waals surface area (Å²) >= 11 is 1.02. The molecule has 0 atom stereocenters. The summed E-state index contributed by atoms with van der Waals surface area (Å²) in [7, 11) is 0. The molecule has 2 heterocycles. The predicted molar refractivity (Wildman–Crippen MR) is 124 cm³/mol. The molecule has 168 valence electrons. The SMILES string of the molecule is O=C(c1ccccc1)c1c(O)c(O)n(-c2nc3ccc(F)cc3s2)c1-c1cccc([N+](=O)[O-])c1. The first-order valence-corrected chi connectivity index (χ1v) is 10.7. The number of nitro benzene ring substituents is 1. The lowest BCUT2D eigenvalue weighted by Gasteiger charge is -2.09. The third-order valence-corrected chi connectivity index (χ3v) is 6.25. The number of carbonyl (C=O) groups excluding carboxylic acids is 1. The van der Waals surface area contributed by atoms with Crippen LogP contribution in [0.15, 0.2) is 72.8 Å². The predicted octanol–water partition coefficient (Wildman–Crippen LogP) is 5.44. The summed E-state index contributed by atoms with van der Waals surface area (Å²) in [6, 6.07) is 17.6. The van der Waals surface area contributed by atoms with E-state index in [2.05, 4.69) is 4.98 Å². The lowest BCUT2D eigenvalue weighted by molar-refractivity contribution is -0.384. The van der Waals surface area contributed by atoms with Gasteiger partial charge in [0.1, 0.15) is 5.82 Å². The Morgan fingerprint density at radius 3 is 2.53 bits per heavy atom. The zero-order valence-electron chi connectivity index (χ0n) is 17.2. The molecular formula is C24H14FN3O5S. The normalized spacial score (nSPS) is 11.1. The van der Waals surface area contributed by atoms with Crippen molar-refractivity contribution in [3.05, 3.63) is 99.9 Å². The molecule has 0 bridgehead atoms. The highest BCUT2D eigenvalue weighted by molar-refractivity contribution is 7.20. The fourth-order valence-corrected chi connectivity index (χ4v) is 4.70. The summed E-state index contributed by atoms with van der Waals surface area (Å²) in [6.07, 6.45) is 0. The molecule has 10 heteroatoms. The number of hydrogen-bond donors (Lipinski definition) is 2. The van der Waals surface area contributed by atoms with Gasteiger partial charge in [-0.15, -0.1) is 0 Å². The molecule has 0 amide bonds. The molecule has 3 aromatic carbocycles. The van der Waals surface area contributed by atoms with Gasteiger partial charge >= 0.3 is 0 Å². The van der Waals surface area contributed by atoms with Gasteiger partial charge in [0.15, 0.2) is 16.7 Å². The van der Waals surface area contributed by atoms with E-state index in [4.69, 9.17) is 0 Å². The number of benzene rings is 3. The summed E-state index contributed by atoms with van der Waals surface area (Å²) in [4.78, 5) is 28.6. The van der Waals surface area contributed by atoms with Crippen LogP contribution in [0.3, 0.4) is 0 Å². The second-order valence-corrected chi connectivity index (χ2v) is 8.35. The van der Waals surface area contributed by atoms with E-state index in [-0.39, 0.29) is 33.2 Å². The van der Waals surface area contributed by atoms with Gasteiger partial charge < -0.3 is 10.2 Å². The van der Waals surface area contributed by atoms with Gasteiger partial charge in [-0.3, -0.25) is 19.5 Å². The number of thiazole rings is 1. The van der Waals surface area contributed by atoms with Crippen LogP contribution in [0.25, 0.3) is 26.6 Å². The van der Waals surface area contributed by atoms with Crippen molar-refractivity contribution in [2.75, 3.05) is 0 Å². The van der Waals surface area contributed by atoms with E-state index in [1.54, 1.807) is 30.3 Å². The number of rotatable bonds is 5. The van der Waals surface area contributed by atoms with E-state index in [0.29, 0.717) is 10.2 Å². The number of fused-ring (bicyclic) bond motifs is 1. The molecule has 2 aromatic heterocycles. The Morgan fingerprint density at radius 1 is 1.03 bits per heavy atom. The molecule has 0 aliphatic carbocycles. The van der Waals surface area contributed by atoms with Crippen LogP contribution in [-0.4, -0.2) is 30.5 Å². The van der Waals surface area contributed by atoms with Crippen molar-refractivity contribution < 1.29 is 24.3 Å². The third-order valence-electron chi connectivity index (χ3n) is 5.24. The van der Waals surface area contributed by atoms with Crippen LogP contribution >= 0.6 is 11.3 Å². The number of nitro groups is 1. The Labute approximate surface area is 194 Å². The van der Waals surface area contributed by atoms with Gasteiger partial charge in [0.05, 0.1) is 26.4 Å². The topological polar surface area (TPSA) is 118 Å². The maximum atomic E-state index is 13.7. The second kappa shape index (κ2) is 8.09. The molecule has 0 unspecified atom stereocenters. The minimum Gasteiger partial charge on any atom is -0.503 e. The largest absolute Gasteiger partial charge is 0.503 e. The Morgan fingerprint density at radius 2 is 1.79 bits per heavy atom. The van der Waals surface area contributed by atoms with E-state index < -0.39 is 28.2 Å². The van der Waals surface area contributed by atoms with Gasteiger partial charge in [0.25, 0.3) is 5.69 Å². The molecular weight excluding hydrogens is 461 g/mol. The van der Waals surface area contributed by atoms with Crippen molar-refractivity contribution >= 4 is 33.0 Å². The van der Waals surface area contributed by atoms with Crippen molar-refractivity contribution in [2.24, 2.45) is 0 Å². The first-order chi connectivity index (χ1) is 16.3. The molecule has 5 rings (SSSR count). The molecule has 8 nitrogen and oxygen atoms in total. The summed E-state index contributed by atoms with van der Waals surface area (Å²) < 4.78 is 15.3. The van der Waals surface area contributed by atoms with E-state index in [9.17, 15) is 29.5 Å². The van der Waals surface area contributed by atoms with E-state index >= 15 is 0 Å². The molecule has 0 aliphatic rings. The monoisotopic (exact) mass is 475 g/mol. The van der Waals surface area contributed by atoms with Crippen LogP contribution in [0.2, 0.25) is 0 Å². The minimum absolute atomic E-state index is 0.0204. The maximum Gasteiger partial charge on any atom is 0.270 e. The van der Waals surface area contributed by atoms with E-state index in [0.717, 1.165) is 15.9 Å². The standard InChI is InChI=1S/C24H14FN3O5S/c25-15-9-10-17-18(12-15)34-24(26-17)27-20(14-7-4-8-16(11-14)28(32)33)19(22(30)23(27)31)21(29)13-5-2-1-3-6-13/h1-12,30-31H. The number of carbonyl (C=O) groups is 1. The maximum absolute atomic E-state index is 13.7. The smallest absolute Gasteiger partial charge is 0.270 e. The van der Waals surface area contributed by atoms with Crippen LogP contribution in [0.4, 0.5) is 10.1 Å². The van der Waals surface area contributed by atoms with Crippen molar-refractivity contribution in [2.45, 2.75) is 0 Å². The highest BCUT2D eigenvalue weighted by atomic mass is 32.1. The van der Waals surface area contributed by atoms with Gasteiger partial charge in [0.2, 0.25) is 5.88 Å². The summed E-state index contributed by atoms with van der Waals surface area (Å²) in [5.74, 6) is -2.43. The lowest BCUT2D eigenvalue weighted by atomic mass is 9.99. The molecule has 0 saturated carbocycles. The highest BCUT2D eigenvalue weighted by Crippen LogP contribution is 2.45. The number of nitrogens with zero attached hydrogens (tertiary/aromatic N) is 3. The van der Waals surface area contributed by atoms with Gasteiger partial charge in [-0.2, -0.15) is 0 Å². The van der Waals surface area contributed by atoms with Crippen molar-refractivity contribution in [3.8, 4) is 28.0 Å². The zero-order chi connectivity index (χ0) is 24.0. The van der Waals surface area contributed by atoms with Crippen LogP contribution in [0, 0.1) is 15.9 Å². The first-order valence-electron chi connectivity index (χ1n) is 9.93. The fraction of sp³-hybridized carbons (Fsp3) is 0. The molecule has 0 spiro atoms. The number of non-ortho nitro benzene ring substituents is 1. The Hall–Kier alpha value is -4.57. The number of halogens is 1. The van der Waals surface area contributed by atoms with Crippen molar-refractivity contribution in [3.63, 3.8) is 0 Å². The average molecular weight is 475 g/mol. The Balaban J connectivity index is 1.83. The molecule has 0 saturated heterocycles. The Kier molecular flexibility index (Phi) is 5.06. The number of ketones is 1. The Bertz CT molecular complexity index is 1590. The lowest BCUT2D eigenvalue weighted by Crippen LogP contribution is -2.05. The van der Waals surface area contributed by atoms with Crippen molar-refractivity contribution in [1.82, 2.24) is 9.55 Å². The third kappa shape index (κ3) is 3.46. The van der Waals surface area contributed by atoms with Crippen LogP contribution in [0.5, 0.6) is 11.6 Å². The molecule has 5 aromatic rings.